The lowest BCUT2D eigenvalue weighted by atomic mass is 9.82. The first-order chi connectivity index (χ1) is 16.9. The molecule has 0 unspecified atom stereocenters. The fourth-order valence-electron chi connectivity index (χ4n) is 4.83. The lowest BCUT2D eigenvalue weighted by Crippen LogP contribution is -1.95. The smallest absolute Gasteiger partial charge is 0.0708 e. The highest BCUT2D eigenvalue weighted by molar-refractivity contribution is 6.06. The first-order valence-electron chi connectivity index (χ1n) is 11.6. The van der Waals surface area contributed by atoms with Crippen LogP contribution in [0.2, 0.25) is 0 Å². The minimum absolute atomic E-state index is 0. The van der Waals surface area contributed by atoms with Gasteiger partial charge in [-0.3, -0.25) is 4.98 Å². The summed E-state index contributed by atoms with van der Waals surface area (Å²) in [6.45, 7) is 0. The van der Waals surface area contributed by atoms with E-state index >= 15 is 0 Å². The molecule has 5 aromatic carbocycles. The summed E-state index contributed by atoms with van der Waals surface area (Å²) < 4.78 is 0. The van der Waals surface area contributed by atoms with Crippen LogP contribution in [0.3, 0.4) is 0 Å². The molecule has 0 bridgehead atoms. The molecule has 0 amide bonds. The summed E-state index contributed by atoms with van der Waals surface area (Å²) >= 11 is 0. The molecule has 0 saturated heterocycles. The minimum atomic E-state index is 0. The zero-order valence-corrected chi connectivity index (χ0v) is 19.4. The summed E-state index contributed by atoms with van der Waals surface area (Å²) in [6, 6.07) is 47.2. The van der Waals surface area contributed by atoms with E-state index in [1.807, 2.05) is 12.3 Å². The third-order valence-corrected chi connectivity index (χ3v) is 6.35. The van der Waals surface area contributed by atoms with E-state index in [-0.39, 0.29) is 6.15 Å². The summed E-state index contributed by atoms with van der Waals surface area (Å²) in [4.78, 5) is 4.62. The Balaban J connectivity index is 0.00000253. The molecule has 6 rings (SSSR count). The van der Waals surface area contributed by atoms with Crippen LogP contribution in [0.15, 0.2) is 140 Å². The summed E-state index contributed by atoms with van der Waals surface area (Å²) in [5.74, 6) is 0. The molecular weight excluding hydrogens is 424 g/mol. The van der Waals surface area contributed by atoms with Crippen LogP contribution in [0, 0.1) is 0 Å². The van der Waals surface area contributed by atoms with Crippen LogP contribution in [0.1, 0.15) is 0 Å². The van der Waals surface area contributed by atoms with Gasteiger partial charge in [-0.15, -0.1) is 0 Å². The molecule has 6 aromatic rings. The molecule has 0 radical (unpaired) electrons. The minimum Gasteiger partial charge on any atom is -0.344 e. The van der Waals surface area contributed by atoms with Crippen LogP contribution in [0.4, 0.5) is 0 Å². The van der Waals surface area contributed by atoms with Crippen LogP contribution in [-0.4, -0.2) is 4.98 Å². The Kier molecular flexibility index (Phi) is 6.21. The molecule has 0 fully saturated rings. The van der Waals surface area contributed by atoms with Crippen molar-refractivity contribution in [3.8, 4) is 44.5 Å². The second-order valence-electron chi connectivity index (χ2n) is 8.38. The highest BCUT2D eigenvalue weighted by atomic mass is 14.6. The zero-order valence-electron chi connectivity index (χ0n) is 19.4. The Labute approximate surface area is 206 Å². The van der Waals surface area contributed by atoms with Gasteiger partial charge >= 0.3 is 0 Å². The van der Waals surface area contributed by atoms with Crippen molar-refractivity contribution in [2.45, 2.75) is 0 Å². The summed E-state index contributed by atoms with van der Waals surface area (Å²) in [7, 11) is 0. The first-order valence-corrected chi connectivity index (χ1v) is 11.6. The first kappa shape index (κ1) is 22.3. The largest absolute Gasteiger partial charge is 0.344 e. The molecular formula is C33H26N2. The van der Waals surface area contributed by atoms with E-state index < -0.39 is 0 Å². The van der Waals surface area contributed by atoms with Crippen molar-refractivity contribution in [2.75, 3.05) is 0 Å². The SMILES string of the molecule is N.c1ccc(-c2ccc(-c3ccnc4ccccc34)c(-c3ccccc3)c2-c2ccccc2)cc1. The van der Waals surface area contributed by atoms with Crippen molar-refractivity contribution in [3.05, 3.63) is 140 Å². The zero-order chi connectivity index (χ0) is 22.7. The van der Waals surface area contributed by atoms with E-state index in [9.17, 15) is 0 Å². The number of hydrogen-bond donors (Lipinski definition) is 1. The van der Waals surface area contributed by atoms with Crippen molar-refractivity contribution in [2.24, 2.45) is 0 Å². The van der Waals surface area contributed by atoms with E-state index in [0.717, 1.165) is 10.9 Å². The number of rotatable bonds is 4. The number of aromatic nitrogens is 1. The number of benzene rings is 5. The number of hydrogen-bond acceptors (Lipinski definition) is 2. The van der Waals surface area contributed by atoms with Gasteiger partial charge in [-0.25, -0.2) is 0 Å². The fourth-order valence-corrected chi connectivity index (χ4v) is 4.83. The van der Waals surface area contributed by atoms with Crippen molar-refractivity contribution >= 4 is 10.9 Å². The fraction of sp³-hybridized carbons (Fsp3) is 0. The van der Waals surface area contributed by atoms with E-state index in [4.69, 9.17) is 0 Å². The van der Waals surface area contributed by atoms with Gasteiger partial charge in [0.05, 0.1) is 5.52 Å². The van der Waals surface area contributed by atoms with Crippen molar-refractivity contribution in [1.82, 2.24) is 11.1 Å². The highest BCUT2D eigenvalue weighted by Crippen LogP contribution is 2.46. The molecule has 2 nitrogen and oxygen atoms in total. The Bertz CT molecular complexity index is 1570. The average molecular weight is 451 g/mol. The molecule has 3 N–H and O–H groups in total. The molecule has 0 aliphatic carbocycles. The van der Waals surface area contributed by atoms with Gasteiger partial charge in [0, 0.05) is 11.6 Å². The van der Waals surface area contributed by atoms with Gasteiger partial charge in [0.15, 0.2) is 0 Å². The summed E-state index contributed by atoms with van der Waals surface area (Å²) in [5.41, 5.74) is 10.8. The van der Waals surface area contributed by atoms with Gasteiger partial charge in [-0.2, -0.15) is 0 Å². The van der Waals surface area contributed by atoms with Gasteiger partial charge < -0.3 is 6.15 Å². The Hall–Kier alpha value is -4.53. The average Bonchev–Trinajstić information content (AvgIpc) is 2.93. The molecule has 0 aliphatic heterocycles. The lowest BCUT2D eigenvalue weighted by Gasteiger charge is -2.21. The maximum absolute atomic E-state index is 4.62. The molecule has 0 spiro atoms. The number of nitrogens with zero attached hydrogens (tertiary/aromatic N) is 1. The molecule has 0 aliphatic rings. The monoisotopic (exact) mass is 450 g/mol. The van der Waals surface area contributed by atoms with Gasteiger partial charge in [0.2, 0.25) is 0 Å². The standard InChI is InChI=1S/C33H23N.H3N/c1-4-12-24(13-5-1)27-20-21-30(28-22-23-34-31-19-11-10-18-29(28)31)33(26-16-8-3-9-17-26)32(27)25-14-6-2-7-15-25;/h1-23H;1H3. The Morgan fingerprint density at radius 1 is 0.371 bits per heavy atom. The lowest BCUT2D eigenvalue weighted by molar-refractivity contribution is 1.41. The topological polar surface area (TPSA) is 47.9 Å². The summed E-state index contributed by atoms with van der Waals surface area (Å²) in [5, 5.41) is 1.16. The van der Waals surface area contributed by atoms with Crippen molar-refractivity contribution < 1.29 is 0 Å². The molecule has 168 valence electrons. The predicted molar refractivity (Wildman–Crippen MR) is 149 cm³/mol. The second kappa shape index (κ2) is 9.76. The third-order valence-electron chi connectivity index (χ3n) is 6.35. The van der Waals surface area contributed by atoms with Crippen molar-refractivity contribution in [3.63, 3.8) is 0 Å². The predicted octanol–water partition coefficient (Wildman–Crippen LogP) is 9.06. The van der Waals surface area contributed by atoms with E-state index in [2.05, 4.69) is 132 Å². The van der Waals surface area contributed by atoms with E-state index in [1.54, 1.807) is 0 Å². The van der Waals surface area contributed by atoms with Crippen molar-refractivity contribution in [1.29, 1.82) is 0 Å². The van der Waals surface area contributed by atoms with Crippen LogP contribution >= 0.6 is 0 Å². The molecule has 35 heavy (non-hydrogen) atoms. The van der Waals surface area contributed by atoms with Crippen LogP contribution in [0.25, 0.3) is 55.4 Å². The Morgan fingerprint density at radius 3 is 1.49 bits per heavy atom. The van der Waals surface area contributed by atoms with Crippen LogP contribution < -0.4 is 6.15 Å². The maximum atomic E-state index is 4.62. The second-order valence-corrected chi connectivity index (χ2v) is 8.38. The Morgan fingerprint density at radius 2 is 0.857 bits per heavy atom. The van der Waals surface area contributed by atoms with Gasteiger partial charge in [-0.1, -0.05) is 121 Å². The van der Waals surface area contributed by atoms with Gasteiger partial charge in [0.25, 0.3) is 0 Å². The molecule has 1 aromatic heterocycles. The maximum Gasteiger partial charge on any atom is 0.0708 e. The van der Waals surface area contributed by atoms with Crippen LogP contribution in [-0.2, 0) is 0 Å². The molecule has 1 heterocycles. The summed E-state index contributed by atoms with van der Waals surface area (Å²) in [6.07, 6.45) is 1.92. The molecule has 0 atom stereocenters. The third kappa shape index (κ3) is 4.12. The van der Waals surface area contributed by atoms with E-state index in [0.29, 0.717) is 0 Å². The highest BCUT2D eigenvalue weighted by Gasteiger charge is 2.20. The number of pyridine rings is 1. The number of para-hydroxylation sites is 1. The molecule has 0 saturated carbocycles. The van der Waals surface area contributed by atoms with Gasteiger partial charge in [0.1, 0.15) is 0 Å². The number of fused-ring (bicyclic) bond motifs is 1. The van der Waals surface area contributed by atoms with Gasteiger partial charge in [-0.05, 0) is 56.6 Å². The quantitative estimate of drug-likeness (QED) is 0.291. The van der Waals surface area contributed by atoms with Crippen LogP contribution in [0.5, 0.6) is 0 Å². The molecule has 2 heteroatoms. The normalized spacial score (nSPS) is 10.6. The van der Waals surface area contributed by atoms with E-state index in [1.165, 1.54) is 44.5 Å².